The summed E-state index contributed by atoms with van der Waals surface area (Å²) < 4.78 is 5.41. The summed E-state index contributed by atoms with van der Waals surface area (Å²) in [6.07, 6.45) is 6.85. The van der Waals surface area contributed by atoms with Crippen molar-refractivity contribution in [1.82, 2.24) is 10.2 Å². The Morgan fingerprint density at radius 3 is 2.68 bits per heavy atom. The van der Waals surface area contributed by atoms with E-state index in [1.807, 2.05) is 0 Å². The molecule has 2 aliphatic rings. The van der Waals surface area contributed by atoms with E-state index in [1.165, 1.54) is 38.6 Å². The van der Waals surface area contributed by atoms with E-state index < -0.39 is 0 Å². The van der Waals surface area contributed by atoms with Crippen LogP contribution in [0.5, 0.6) is 0 Å². The Hall–Kier alpha value is -0.120. The van der Waals surface area contributed by atoms with Crippen LogP contribution in [0.3, 0.4) is 0 Å². The molecule has 2 unspecified atom stereocenters. The first-order valence-corrected chi connectivity index (χ1v) is 8.11. The Kier molecular flexibility index (Phi) is 5.67. The van der Waals surface area contributed by atoms with Gasteiger partial charge >= 0.3 is 0 Å². The molecule has 0 aromatic heterocycles. The number of nitrogens with one attached hydrogen (secondary N) is 1. The zero-order valence-corrected chi connectivity index (χ0v) is 13.1. The van der Waals surface area contributed by atoms with Crippen molar-refractivity contribution >= 4 is 0 Å². The molecule has 0 amide bonds. The first kappa shape index (κ1) is 15.3. The van der Waals surface area contributed by atoms with Gasteiger partial charge in [0.15, 0.2) is 0 Å². The molecule has 1 saturated heterocycles. The highest BCUT2D eigenvalue weighted by molar-refractivity contribution is 4.82. The van der Waals surface area contributed by atoms with Crippen molar-refractivity contribution in [2.24, 2.45) is 5.41 Å². The lowest BCUT2D eigenvalue weighted by atomic mass is 9.85. The largest absolute Gasteiger partial charge is 0.379 e. The van der Waals surface area contributed by atoms with Crippen LogP contribution in [0.25, 0.3) is 0 Å². The molecule has 3 heteroatoms. The van der Waals surface area contributed by atoms with Crippen LogP contribution in [0.2, 0.25) is 0 Å². The van der Waals surface area contributed by atoms with Gasteiger partial charge in [0.2, 0.25) is 0 Å². The first-order valence-electron chi connectivity index (χ1n) is 8.11. The Morgan fingerprint density at radius 1 is 1.21 bits per heavy atom. The Balaban J connectivity index is 1.70. The minimum atomic E-state index is 0.559. The van der Waals surface area contributed by atoms with Crippen molar-refractivity contribution < 1.29 is 4.74 Å². The molecule has 2 rings (SSSR count). The molecular formula is C16H32N2O. The monoisotopic (exact) mass is 268 g/mol. The minimum Gasteiger partial charge on any atom is -0.379 e. The lowest BCUT2D eigenvalue weighted by molar-refractivity contribution is 0.0337. The van der Waals surface area contributed by atoms with E-state index in [-0.39, 0.29) is 0 Å². The second-order valence-electron chi connectivity index (χ2n) is 7.27. The fraction of sp³-hybridized carbons (Fsp3) is 1.00. The molecule has 1 heterocycles. The predicted octanol–water partition coefficient (Wildman–Crippen LogP) is 2.66. The maximum Gasteiger partial charge on any atom is 0.0594 e. The van der Waals surface area contributed by atoms with Gasteiger partial charge in [-0.05, 0) is 38.0 Å². The molecule has 0 aromatic rings. The fourth-order valence-corrected chi connectivity index (χ4v) is 3.45. The summed E-state index contributed by atoms with van der Waals surface area (Å²) in [6.45, 7) is 12.4. The topological polar surface area (TPSA) is 24.5 Å². The standard InChI is InChI=1S/C16H32N2O/c1-14(13-18-9-11-19-12-10-18)17-15-5-4-7-16(2,3)8-6-15/h14-15,17H,4-13H2,1-3H3. The van der Waals surface area contributed by atoms with Crippen molar-refractivity contribution in [3.8, 4) is 0 Å². The highest BCUT2D eigenvalue weighted by Gasteiger charge is 2.25. The van der Waals surface area contributed by atoms with Crippen molar-refractivity contribution in [2.45, 2.75) is 65.0 Å². The minimum absolute atomic E-state index is 0.559. The number of hydrogen-bond acceptors (Lipinski definition) is 3. The van der Waals surface area contributed by atoms with Crippen LogP contribution in [0.1, 0.15) is 52.9 Å². The number of ether oxygens (including phenoxy) is 1. The van der Waals surface area contributed by atoms with E-state index >= 15 is 0 Å². The summed E-state index contributed by atoms with van der Waals surface area (Å²) in [5.41, 5.74) is 0.559. The van der Waals surface area contributed by atoms with Crippen LogP contribution in [-0.4, -0.2) is 49.8 Å². The van der Waals surface area contributed by atoms with Crippen molar-refractivity contribution in [1.29, 1.82) is 0 Å². The van der Waals surface area contributed by atoms with Crippen LogP contribution in [-0.2, 0) is 4.74 Å². The maximum absolute atomic E-state index is 5.41. The van der Waals surface area contributed by atoms with Crippen LogP contribution in [0.15, 0.2) is 0 Å². The van der Waals surface area contributed by atoms with E-state index in [4.69, 9.17) is 4.74 Å². The molecule has 2 fully saturated rings. The molecule has 0 bridgehead atoms. The molecular weight excluding hydrogens is 236 g/mol. The molecule has 0 spiro atoms. The van der Waals surface area contributed by atoms with Gasteiger partial charge in [-0.15, -0.1) is 0 Å². The van der Waals surface area contributed by atoms with Crippen molar-refractivity contribution in [3.63, 3.8) is 0 Å². The van der Waals surface area contributed by atoms with E-state index in [0.717, 1.165) is 32.3 Å². The lowest BCUT2D eigenvalue weighted by Crippen LogP contribution is -2.47. The Bertz CT molecular complexity index is 261. The van der Waals surface area contributed by atoms with Gasteiger partial charge in [-0.1, -0.05) is 20.3 Å². The molecule has 112 valence electrons. The second kappa shape index (κ2) is 7.05. The number of nitrogens with zero attached hydrogens (tertiary/aromatic N) is 1. The van der Waals surface area contributed by atoms with E-state index in [0.29, 0.717) is 11.5 Å². The maximum atomic E-state index is 5.41. The molecule has 0 aromatic carbocycles. The zero-order valence-electron chi connectivity index (χ0n) is 13.1. The summed E-state index contributed by atoms with van der Waals surface area (Å²) in [5.74, 6) is 0. The summed E-state index contributed by atoms with van der Waals surface area (Å²) in [7, 11) is 0. The quantitative estimate of drug-likeness (QED) is 0.793. The Labute approximate surface area is 119 Å². The smallest absolute Gasteiger partial charge is 0.0594 e. The first-order chi connectivity index (χ1) is 9.05. The van der Waals surface area contributed by atoms with Crippen LogP contribution in [0.4, 0.5) is 0 Å². The average molecular weight is 268 g/mol. The van der Waals surface area contributed by atoms with Crippen LogP contribution < -0.4 is 5.32 Å². The summed E-state index contributed by atoms with van der Waals surface area (Å²) in [5, 5.41) is 3.86. The zero-order chi connectivity index (χ0) is 13.7. The molecule has 19 heavy (non-hydrogen) atoms. The highest BCUT2D eigenvalue weighted by atomic mass is 16.5. The van der Waals surface area contributed by atoms with Gasteiger partial charge in [0.25, 0.3) is 0 Å². The summed E-state index contributed by atoms with van der Waals surface area (Å²) in [6, 6.07) is 1.34. The number of morpholine rings is 1. The lowest BCUT2D eigenvalue weighted by Gasteiger charge is -2.31. The van der Waals surface area contributed by atoms with E-state index in [1.54, 1.807) is 0 Å². The van der Waals surface area contributed by atoms with E-state index in [2.05, 4.69) is 31.0 Å². The molecule has 1 aliphatic carbocycles. The summed E-state index contributed by atoms with van der Waals surface area (Å²) >= 11 is 0. The fourth-order valence-electron chi connectivity index (χ4n) is 3.45. The number of hydrogen-bond donors (Lipinski definition) is 1. The van der Waals surface area contributed by atoms with Crippen LogP contribution >= 0.6 is 0 Å². The SMILES string of the molecule is CC(CN1CCOCC1)NC1CCCC(C)(C)CC1. The van der Waals surface area contributed by atoms with Gasteiger partial charge in [0.1, 0.15) is 0 Å². The summed E-state index contributed by atoms with van der Waals surface area (Å²) in [4.78, 5) is 2.53. The average Bonchev–Trinajstić information content (AvgIpc) is 2.52. The Morgan fingerprint density at radius 2 is 1.95 bits per heavy atom. The van der Waals surface area contributed by atoms with Gasteiger partial charge in [-0.3, -0.25) is 4.90 Å². The third-order valence-corrected chi connectivity index (χ3v) is 4.73. The highest BCUT2D eigenvalue weighted by Crippen LogP contribution is 2.33. The molecule has 1 N–H and O–H groups in total. The molecule has 1 saturated carbocycles. The van der Waals surface area contributed by atoms with Gasteiger partial charge in [-0.25, -0.2) is 0 Å². The van der Waals surface area contributed by atoms with Gasteiger partial charge in [-0.2, -0.15) is 0 Å². The van der Waals surface area contributed by atoms with Gasteiger partial charge in [0, 0.05) is 31.7 Å². The normalized spacial score (nSPS) is 30.8. The van der Waals surface area contributed by atoms with Gasteiger partial charge in [0.05, 0.1) is 13.2 Å². The molecule has 3 nitrogen and oxygen atoms in total. The number of rotatable bonds is 4. The molecule has 0 radical (unpaired) electrons. The van der Waals surface area contributed by atoms with Crippen molar-refractivity contribution in [2.75, 3.05) is 32.8 Å². The van der Waals surface area contributed by atoms with E-state index in [9.17, 15) is 0 Å². The molecule has 1 aliphatic heterocycles. The second-order valence-corrected chi connectivity index (χ2v) is 7.27. The predicted molar refractivity (Wildman–Crippen MR) is 80.5 cm³/mol. The van der Waals surface area contributed by atoms with Crippen molar-refractivity contribution in [3.05, 3.63) is 0 Å². The third-order valence-electron chi connectivity index (χ3n) is 4.73. The third kappa shape index (κ3) is 5.41. The van der Waals surface area contributed by atoms with Gasteiger partial charge < -0.3 is 10.1 Å². The molecule has 2 atom stereocenters. The van der Waals surface area contributed by atoms with Crippen LogP contribution in [0, 0.1) is 5.41 Å².